The van der Waals surface area contributed by atoms with Crippen molar-refractivity contribution in [2.24, 2.45) is 5.92 Å². The van der Waals surface area contributed by atoms with Crippen LogP contribution in [0.5, 0.6) is 0 Å². The summed E-state index contributed by atoms with van der Waals surface area (Å²) < 4.78 is 0. The molecule has 3 aliphatic heterocycles. The predicted molar refractivity (Wildman–Crippen MR) is 114 cm³/mol. The molecule has 3 saturated heterocycles. The number of rotatable bonds is 5. The predicted octanol–water partition coefficient (Wildman–Crippen LogP) is 3.80. The Hall–Kier alpha value is -1.62. The molecule has 28 heavy (non-hydrogen) atoms. The van der Waals surface area contributed by atoms with Crippen molar-refractivity contribution in [3.05, 3.63) is 23.9 Å². The first-order chi connectivity index (χ1) is 13.7. The van der Waals surface area contributed by atoms with E-state index >= 15 is 0 Å². The van der Waals surface area contributed by atoms with Crippen LogP contribution in [0.4, 0.5) is 5.82 Å². The Labute approximate surface area is 170 Å². The Morgan fingerprint density at radius 2 is 1.89 bits per heavy atom. The molecule has 3 aliphatic rings. The van der Waals surface area contributed by atoms with Crippen molar-refractivity contribution in [2.45, 2.75) is 64.3 Å². The van der Waals surface area contributed by atoms with Gasteiger partial charge in [-0.1, -0.05) is 6.92 Å². The molecule has 3 fully saturated rings. The summed E-state index contributed by atoms with van der Waals surface area (Å²) in [5.74, 6) is 1.88. The maximum absolute atomic E-state index is 13.4. The minimum absolute atomic E-state index is 0.208. The van der Waals surface area contributed by atoms with Gasteiger partial charge in [0.2, 0.25) is 0 Å². The molecule has 5 heteroatoms. The SMILES string of the molecule is C[C@@H]1CCCN(c2cc(C(=O)N3CCCC[C@H]3CCN3CCCC3)ccn2)C1. The molecule has 0 aliphatic carbocycles. The molecule has 5 nitrogen and oxygen atoms in total. The number of piperidine rings is 2. The van der Waals surface area contributed by atoms with Gasteiger partial charge in [-0.3, -0.25) is 4.79 Å². The molecule has 1 amide bonds. The Morgan fingerprint density at radius 3 is 2.71 bits per heavy atom. The van der Waals surface area contributed by atoms with E-state index in [4.69, 9.17) is 0 Å². The first-order valence-electron chi connectivity index (χ1n) is 11.4. The number of anilines is 1. The normalized spacial score (nSPS) is 26.6. The molecule has 0 saturated carbocycles. The standard InChI is InChI=1S/C23H36N4O/c1-19-7-6-14-26(18-19)22-17-20(9-11-24-22)23(28)27-15-3-2-8-21(27)10-16-25-12-4-5-13-25/h9,11,17,19,21H,2-8,10,12-16,18H2,1H3/t19-,21+/m1/s1. The molecular formula is C23H36N4O. The van der Waals surface area contributed by atoms with Crippen molar-refractivity contribution < 1.29 is 4.79 Å². The van der Waals surface area contributed by atoms with E-state index in [-0.39, 0.29) is 5.91 Å². The van der Waals surface area contributed by atoms with Crippen LogP contribution < -0.4 is 4.90 Å². The molecule has 2 atom stereocenters. The second kappa shape index (κ2) is 9.25. The van der Waals surface area contributed by atoms with Crippen LogP contribution in [-0.2, 0) is 0 Å². The van der Waals surface area contributed by atoms with Gasteiger partial charge in [0.15, 0.2) is 0 Å². The van der Waals surface area contributed by atoms with Crippen molar-refractivity contribution in [2.75, 3.05) is 44.2 Å². The summed E-state index contributed by atoms with van der Waals surface area (Å²) in [4.78, 5) is 25.0. The van der Waals surface area contributed by atoms with E-state index in [2.05, 4.69) is 26.6 Å². The first-order valence-corrected chi connectivity index (χ1v) is 11.4. The largest absolute Gasteiger partial charge is 0.356 e. The summed E-state index contributed by atoms with van der Waals surface area (Å²) in [6.45, 7) is 8.93. The maximum Gasteiger partial charge on any atom is 0.254 e. The van der Waals surface area contributed by atoms with Gasteiger partial charge >= 0.3 is 0 Å². The highest BCUT2D eigenvalue weighted by atomic mass is 16.2. The van der Waals surface area contributed by atoms with Gasteiger partial charge in [0.1, 0.15) is 5.82 Å². The average Bonchev–Trinajstić information content (AvgIpc) is 3.26. The molecule has 0 spiro atoms. The van der Waals surface area contributed by atoms with E-state index in [1.54, 1.807) is 0 Å². The third-order valence-corrected chi connectivity index (χ3v) is 6.84. The van der Waals surface area contributed by atoms with Gasteiger partial charge in [-0.15, -0.1) is 0 Å². The van der Waals surface area contributed by atoms with Crippen LogP contribution in [0.15, 0.2) is 18.3 Å². The van der Waals surface area contributed by atoms with Gasteiger partial charge in [-0.25, -0.2) is 4.98 Å². The van der Waals surface area contributed by atoms with Crippen molar-refractivity contribution in [3.63, 3.8) is 0 Å². The monoisotopic (exact) mass is 384 g/mol. The number of amides is 1. The van der Waals surface area contributed by atoms with Crippen LogP contribution >= 0.6 is 0 Å². The number of carbonyl (C=O) groups excluding carboxylic acids is 1. The van der Waals surface area contributed by atoms with E-state index < -0.39 is 0 Å². The summed E-state index contributed by atoms with van der Waals surface area (Å²) in [6.07, 6.45) is 11.7. The van der Waals surface area contributed by atoms with Crippen LogP contribution in [0.25, 0.3) is 0 Å². The average molecular weight is 385 g/mol. The van der Waals surface area contributed by atoms with Gasteiger partial charge in [0.05, 0.1) is 0 Å². The molecule has 0 unspecified atom stereocenters. The lowest BCUT2D eigenvalue weighted by Gasteiger charge is -2.37. The van der Waals surface area contributed by atoms with Gasteiger partial charge in [-0.2, -0.15) is 0 Å². The summed E-state index contributed by atoms with van der Waals surface area (Å²) in [6, 6.07) is 4.34. The molecule has 0 N–H and O–H groups in total. The van der Waals surface area contributed by atoms with Gasteiger partial charge in [-0.05, 0) is 82.5 Å². The number of hydrogen-bond donors (Lipinski definition) is 0. The fourth-order valence-electron chi connectivity index (χ4n) is 5.19. The molecule has 0 aromatic carbocycles. The highest BCUT2D eigenvalue weighted by molar-refractivity contribution is 5.95. The lowest BCUT2D eigenvalue weighted by molar-refractivity contribution is 0.0588. The Balaban J connectivity index is 1.43. The smallest absolute Gasteiger partial charge is 0.254 e. The van der Waals surface area contributed by atoms with Crippen LogP contribution in [0, 0.1) is 5.92 Å². The van der Waals surface area contributed by atoms with Crippen molar-refractivity contribution >= 4 is 11.7 Å². The lowest BCUT2D eigenvalue weighted by atomic mass is 9.97. The fourth-order valence-corrected chi connectivity index (χ4v) is 5.19. The van der Waals surface area contributed by atoms with Crippen molar-refractivity contribution in [3.8, 4) is 0 Å². The lowest BCUT2D eigenvalue weighted by Crippen LogP contribution is -2.45. The van der Waals surface area contributed by atoms with Gasteiger partial charge in [0.25, 0.3) is 5.91 Å². The number of pyridine rings is 1. The Morgan fingerprint density at radius 1 is 1.07 bits per heavy atom. The summed E-state index contributed by atoms with van der Waals surface area (Å²) in [7, 11) is 0. The maximum atomic E-state index is 13.4. The van der Waals surface area contributed by atoms with E-state index in [1.165, 1.54) is 45.2 Å². The number of nitrogens with zero attached hydrogens (tertiary/aromatic N) is 4. The number of carbonyl (C=O) groups is 1. The summed E-state index contributed by atoms with van der Waals surface area (Å²) in [5.41, 5.74) is 0.816. The van der Waals surface area contributed by atoms with Crippen LogP contribution in [0.1, 0.15) is 68.6 Å². The van der Waals surface area contributed by atoms with Crippen LogP contribution in [0.2, 0.25) is 0 Å². The molecule has 4 rings (SSSR count). The highest BCUT2D eigenvalue weighted by Crippen LogP contribution is 2.25. The van der Waals surface area contributed by atoms with Gasteiger partial charge < -0.3 is 14.7 Å². The highest BCUT2D eigenvalue weighted by Gasteiger charge is 2.29. The Bertz CT molecular complexity index is 658. The molecular weight excluding hydrogens is 348 g/mol. The first kappa shape index (κ1) is 19.7. The Kier molecular flexibility index (Phi) is 6.50. The van der Waals surface area contributed by atoms with Crippen molar-refractivity contribution in [1.82, 2.24) is 14.8 Å². The quantitative estimate of drug-likeness (QED) is 0.774. The zero-order valence-electron chi connectivity index (χ0n) is 17.5. The zero-order valence-corrected chi connectivity index (χ0v) is 17.5. The summed E-state index contributed by atoms with van der Waals surface area (Å²) in [5, 5.41) is 0. The van der Waals surface area contributed by atoms with E-state index in [1.807, 2.05) is 18.3 Å². The number of aromatic nitrogens is 1. The van der Waals surface area contributed by atoms with Crippen LogP contribution in [0.3, 0.4) is 0 Å². The minimum atomic E-state index is 0.208. The summed E-state index contributed by atoms with van der Waals surface area (Å²) >= 11 is 0. The topological polar surface area (TPSA) is 39.7 Å². The second-order valence-corrected chi connectivity index (χ2v) is 9.08. The fraction of sp³-hybridized carbons (Fsp3) is 0.739. The molecule has 1 aromatic heterocycles. The zero-order chi connectivity index (χ0) is 19.3. The molecule has 154 valence electrons. The molecule has 1 aromatic rings. The second-order valence-electron chi connectivity index (χ2n) is 9.08. The number of hydrogen-bond acceptors (Lipinski definition) is 4. The van der Waals surface area contributed by atoms with E-state index in [0.717, 1.165) is 56.8 Å². The van der Waals surface area contributed by atoms with E-state index in [0.29, 0.717) is 12.0 Å². The van der Waals surface area contributed by atoms with Crippen LogP contribution in [-0.4, -0.2) is 66.0 Å². The molecule has 0 bridgehead atoms. The third kappa shape index (κ3) is 4.68. The number of likely N-dealkylation sites (tertiary alicyclic amines) is 2. The van der Waals surface area contributed by atoms with Gasteiger partial charge in [0, 0.05) is 44.0 Å². The molecule has 4 heterocycles. The third-order valence-electron chi connectivity index (χ3n) is 6.84. The van der Waals surface area contributed by atoms with Crippen molar-refractivity contribution in [1.29, 1.82) is 0 Å². The minimum Gasteiger partial charge on any atom is -0.356 e. The molecule has 0 radical (unpaired) electrons. The van der Waals surface area contributed by atoms with E-state index in [9.17, 15) is 4.79 Å².